The zero-order valence-corrected chi connectivity index (χ0v) is 17.4. The first-order valence-corrected chi connectivity index (χ1v) is 10.2. The van der Waals surface area contributed by atoms with Gasteiger partial charge >= 0.3 is 0 Å². The summed E-state index contributed by atoms with van der Waals surface area (Å²) in [7, 11) is 0. The molecule has 2 aromatic carbocycles. The number of carbonyl (C=O) groups excluding carboxylic acids is 2. The molecule has 2 N–H and O–H groups in total. The van der Waals surface area contributed by atoms with Gasteiger partial charge in [-0.25, -0.2) is 4.98 Å². The fourth-order valence-electron chi connectivity index (χ4n) is 3.14. The molecule has 0 aliphatic rings. The molecule has 0 fully saturated rings. The van der Waals surface area contributed by atoms with E-state index in [0.717, 1.165) is 34.7 Å². The molecule has 3 rings (SSSR count). The number of aromatic nitrogens is 1. The van der Waals surface area contributed by atoms with E-state index in [1.54, 1.807) is 0 Å². The maximum Gasteiger partial charge on any atom is 0.224 e. The fraction of sp³-hybridized carbons (Fsp3) is 0.292. The Hall–Kier alpha value is -3.41. The van der Waals surface area contributed by atoms with E-state index in [9.17, 15) is 9.59 Å². The highest BCUT2D eigenvalue weighted by Gasteiger charge is 2.13. The van der Waals surface area contributed by atoms with Crippen molar-refractivity contribution in [1.29, 1.82) is 0 Å². The summed E-state index contributed by atoms with van der Waals surface area (Å²) < 4.78 is 5.85. The van der Waals surface area contributed by atoms with Crippen molar-refractivity contribution in [3.8, 4) is 11.3 Å². The highest BCUT2D eigenvalue weighted by molar-refractivity contribution is 5.90. The van der Waals surface area contributed by atoms with Crippen molar-refractivity contribution in [2.75, 3.05) is 5.32 Å². The second-order valence-corrected chi connectivity index (χ2v) is 7.16. The Morgan fingerprint density at radius 3 is 2.57 bits per heavy atom. The standard InChI is InChI=1S/C24H27N3O3/c1-3-8-22(29)27-20-12-7-9-18(15-20)16-25-21(28)13-14-23-26-17(2)24(30-23)19-10-5-4-6-11-19/h4-7,9-12,15H,3,8,13-14,16H2,1-2H3,(H,25,28)(H,27,29). The van der Waals surface area contributed by atoms with Gasteiger partial charge in [-0.1, -0.05) is 49.4 Å². The molecule has 2 amide bonds. The number of nitrogens with one attached hydrogen (secondary N) is 2. The van der Waals surface area contributed by atoms with Crippen molar-refractivity contribution < 1.29 is 14.0 Å². The van der Waals surface area contributed by atoms with Gasteiger partial charge in [0, 0.05) is 37.1 Å². The van der Waals surface area contributed by atoms with Gasteiger partial charge in [-0.15, -0.1) is 0 Å². The Kier molecular flexibility index (Phi) is 7.38. The van der Waals surface area contributed by atoms with Crippen molar-refractivity contribution in [2.24, 2.45) is 0 Å². The number of oxazole rings is 1. The van der Waals surface area contributed by atoms with Crippen LogP contribution < -0.4 is 10.6 Å². The number of anilines is 1. The molecule has 6 heteroatoms. The molecular formula is C24H27N3O3. The lowest BCUT2D eigenvalue weighted by Crippen LogP contribution is -2.23. The molecule has 3 aromatic rings. The van der Waals surface area contributed by atoms with Crippen LogP contribution in [0.2, 0.25) is 0 Å². The summed E-state index contributed by atoms with van der Waals surface area (Å²) in [5, 5.41) is 5.77. The van der Waals surface area contributed by atoms with Crippen LogP contribution in [0, 0.1) is 6.92 Å². The van der Waals surface area contributed by atoms with Crippen LogP contribution in [-0.4, -0.2) is 16.8 Å². The minimum absolute atomic E-state index is 0.00482. The van der Waals surface area contributed by atoms with Crippen molar-refractivity contribution in [3.05, 3.63) is 71.7 Å². The van der Waals surface area contributed by atoms with E-state index in [1.165, 1.54) is 0 Å². The van der Waals surface area contributed by atoms with Gasteiger partial charge in [0.1, 0.15) is 0 Å². The van der Waals surface area contributed by atoms with E-state index < -0.39 is 0 Å². The molecule has 0 radical (unpaired) electrons. The van der Waals surface area contributed by atoms with Crippen molar-refractivity contribution >= 4 is 17.5 Å². The quantitative estimate of drug-likeness (QED) is 0.543. The lowest BCUT2D eigenvalue weighted by atomic mass is 10.1. The minimum Gasteiger partial charge on any atom is -0.440 e. The second-order valence-electron chi connectivity index (χ2n) is 7.16. The third-order valence-electron chi connectivity index (χ3n) is 4.62. The smallest absolute Gasteiger partial charge is 0.224 e. The molecule has 1 aromatic heterocycles. The normalized spacial score (nSPS) is 10.6. The maximum atomic E-state index is 12.2. The van der Waals surface area contributed by atoms with Gasteiger partial charge < -0.3 is 15.1 Å². The molecule has 0 saturated carbocycles. The summed E-state index contributed by atoms with van der Waals surface area (Å²) in [5.41, 5.74) is 3.46. The fourth-order valence-corrected chi connectivity index (χ4v) is 3.14. The number of rotatable bonds is 9. The summed E-state index contributed by atoms with van der Waals surface area (Å²) in [6.45, 7) is 4.27. The zero-order chi connectivity index (χ0) is 21.3. The zero-order valence-electron chi connectivity index (χ0n) is 17.4. The largest absolute Gasteiger partial charge is 0.440 e. The Labute approximate surface area is 176 Å². The first-order chi connectivity index (χ1) is 14.5. The Balaban J connectivity index is 1.49. The van der Waals surface area contributed by atoms with Gasteiger partial charge in [-0.05, 0) is 31.0 Å². The van der Waals surface area contributed by atoms with Gasteiger partial charge in [0.2, 0.25) is 11.8 Å². The maximum absolute atomic E-state index is 12.2. The molecular weight excluding hydrogens is 378 g/mol. The molecule has 30 heavy (non-hydrogen) atoms. The number of carbonyl (C=O) groups is 2. The van der Waals surface area contributed by atoms with Gasteiger partial charge in [0.15, 0.2) is 11.7 Å². The van der Waals surface area contributed by atoms with Crippen molar-refractivity contribution in [3.63, 3.8) is 0 Å². The Morgan fingerprint density at radius 2 is 1.80 bits per heavy atom. The Morgan fingerprint density at radius 1 is 1.00 bits per heavy atom. The molecule has 6 nitrogen and oxygen atoms in total. The molecule has 0 aliphatic heterocycles. The summed E-state index contributed by atoms with van der Waals surface area (Å²) in [5.74, 6) is 1.22. The molecule has 0 spiro atoms. The summed E-state index contributed by atoms with van der Waals surface area (Å²) in [6, 6.07) is 17.3. The van der Waals surface area contributed by atoms with E-state index >= 15 is 0 Å². The third kappa shape index (κ3) is 6.04. The number of aryl methyl sites for hydroxylation is 2. The number of hydrogen-bond acceptors (Lipinski definition) is 4. The van der Waals surface area contributed by atoms with E-state index in [-0.39, 0.29) is 11.8 Å². The topological polar surface area (TPSA) is 84.2 Å². The van der Waals surface area contributed by atoms with Crippen LogP contribution in [0.15, 0.2) is 59.0 Å². The monoisotopic (exact) mass is 405 g/mol. The number of benzene rings is 2. The molecule has 0 saturated heterocycles. The highest BCUT2D eigenvalue weighted by Crippen LogP contribution is 2.24. The summed E-state index contributed by atoms with van der Waals surface area (Å²) >= 11 is 0. The van der Waals surface area contributed by atoms with Crippen molar-refractivity contribution in [2.45, 2.75) is 46.1 Å². The number of amides is 2. The van der Waals surface area contributed by atoms with Gasteiger partial charge in [0.25, 0.3) is 0 Å². The van der Waals surface area contributed by atoms with Gasteiger partial charge in [-0.3, -0.25) is 9.59 Å². The van der Waals surface area contributed by atoms with Gasteiger partial charge in [0.05, 0.1) is 5.69 Å². The average Bonchev–Trinajstić information content (AvgIpc) is 3.12. The lowest BCUT2D eigenvalue weighted by Gasteiger charge is -2.08. The van der Waals surface area contributed by atoms with Crippen LogP contribution in [0.3, 0.4) is 0 Å². The highest BCUT2D eigenvalue weighted by atomic mass is 16.4. The second kappa shape index (κ2) is 10.4. The van der Waals surface area contributed by atoms with Crippen LogP contribution in [0.5, 0.6) is 0 Å². The minimum atomic E-state index is -0.0764. The van der Waals surface area contributed by atoms with E-state index in [0.29, 0.717) is 31.7 Å². The van der Waals surface area contributed by atoms with Crippen LogP contribution in [0.25, 0.3) is 11.3 Å². The Bertz CT molecular complexity index is 996. The first kappa shape index (κ1) is 21.3. The van der Waals surface area contributed by atoms with Crippen LogP contribution in [0.4, 0.5) is 5.69 Å². The first-order valence-electron chi connectivity index (χ1n) is 10.2. The summed E-state index contributed by atoms with van der Waals surface area (Å²) in [6.07, 6.45) is 2.03. The SMILES string of the molecule is CCCC(=O)Nc1cccc(CNC(=O)CCc2nc(C)c(-c3ccccc3)o2)c1. The predicted octanol–water partition coefficient (Wildman–Crippen LogP) is 4.64. The molecule has 0 aliphatic carbocycles. The molecule has 1 heterocycles. The predicted molar refractivity (Wildman–Crippen MR) is 117 cm³/mol. The lowest BCUT2D eigenvalue weighted by molar-refractivity contribution is -0.121. The van der Waals surface area contributed by atoms with E-state index in [4.69, 9.17) is 4.42 Å². The van der Waals surface area contributed by atoms with E-state index in [1.807, 2.05) is 68.4 Å². The molecule has 156 valence electrons. The number of nitrogens with zero attached hydrogens (tertiary/aromatic N) is 1. The van der Waals surface area contributed by atoms with Crippen LogP contribution in [-0.2, 0) is 22.6 Å². The summed E-state index contributed by atoms with van der Waals surface area (Å²) in [4.78, 5) is 28.4. The van der Waals surface area contributed by atoms with Crippen LogP contribution in [0.1, 0.15) is 43.3 Å². The van der Waals surface area contributed by atoms with Crippen LogP contribution >= 0.6 is 0 Å². The molecule has 0 bridgehead atoms. The van der Waals surface area contributed by atoms with Crippen molar-refractivity contribution in [1.82, 2.24) is 10.3 Å². The molecule has 0 atom stereocenters. The molecule has 0 unspecified atom stereocenters. The van der Waals surface area contributed by atoms with Gasteiger partial charge in [-0.2, -0.15) is 0 Å². The average molecular weight is 405 g/mol. The third-order valence-corrected chi connectivity index (χ3v) is 4.62. The van der Waals surface area contributed by atoms with E-state index in [2.05, 4.69) is 15.6 Å². The number of hydrogen-bond donors (Lipinski definition) is 2.